The Morgan fingerprint density at radius 3 is 1.06 bits per heavy atom. The Bertz CT molecular complexity index is 3460. The van der Waals surface area contributed by atoms with Crippen LogP contribution in [0.4, 0.5) is 4.39 Å². The number of ether oxygens (including phenoxy) is 1. The monoisotopic (exact) mass is 1550 g/mol. The van der Waals surface area contributed by atoms with Crippen molar-refractivity contribution in [2.24, 2.45) is 146 Å². The fraction of sp³-hybridized carbons (Fsp3) is 0.849. The van der Waals surface area contributed by atoms with Crippen LogP contribution >= 0.6 is 47.0 Å². The van der Waals surface area contributed by atoms with E-state index in [2.05, 4.69) is 76.4 Å². The Balaban J connectivity index is 0.000000120. The van der Waals surface area contributed by atoms with Crippen molar-refractivity contribution in [1.29, 1.82) is 0 Å². The molecule has 0 aromatic heterocycles. The third-order valence-electron chi connectivity index (χ3n) is 34.9. The van der Waals surface area contributed by atoms with Gasteiger partial charge in [0.05, 0.1) is 46.4 Å². The highest BCUT2D eigenvalue weighted by Crippen LogP contribution is 2.69. The van der Waals surface area contributed by atoms with Gasteiger partial charge in [-0.15, -0.1) is 0 Å². The van der Waals surface area contributed by atoms with Gasteiger partial charge in [-0.2, -0.15) is 47.0 Å². The molecule has 596 valence electrons. The Morgan fingerprint density at radius 1 is 0.402 bits per heavy atom. The van der Waals surface area contributed by atoms with Crippen LogP contribution in [0.5, 0.6) is 0 Å². The van der Waals surface area contributed by atoms with E-state index in [9.17, 15) is 44.0 Å². The van der Waals surface area contributed by atoms with Crippen LogP contribution in [0, 0.1) is 158 Å². The van der Waals surface area contributed by atoms with Gasteiger partial charge in [0.15, 0.2) is 0 Å². The molecule has 28 atom stereocenters. The Hall–Kier alpha value is -1.67. The number of rotatable bonds is 15. The first-order chi connectivity index (χ1) is 51.1. The Kier molecular flexibility index (Phi) is 25.1. The molecule has 17 aliphatic rings. The molecule has 17 aliphatic carbocycles. The zero-order valence-electron chi connectivity index (χ0n) is 67.6. The Labute approximate surface area is 662 Å². The van der Waals surface area contributed by atoms with Gasteiger partial charge in [0.25, 0.3) is 0 Å². The highest BCUT2D eigenvalue weighted by molar-refractivity contribution is 7.99. The molecule has 0 spiro atoms. The minimum absolute atomic E-state index is 0.188. The maximum absolute atomic E-state index is 13.3. The molecule has 0 aromatic rings. The molecule has 14 heteroatoms. The highest BCUT2D eigenvalue weighted by Gasteiger charge is 2.63. The lowest BCUT2D eigenvalue weighted by atomic mass is 9.51. The molecule has 17 rings (SSSR count). The summed E-state index contributed by atoms with van der Waals surface area (Å²) >= 11 is 6.72. The van der Waals surface area contributed by atoms with E-state index in [0.29, 0.717) is 143 Å². The first-order valence-corrected chi connectivity index (χ1v) is 49.0. The van der Waals surface area contributed by atoms with E-state index in [1.54, 1.807) is 59.7 Å². The summed E-state index contributed by atoms with van der Waals surface area (Å²) in [5, 5.41) is 42.8. The predicted molar refractivity (Wildman–Crippen MR) is 440 cm³/mol. The second-order valence-corrected chi connectivity index (χ2v) is 43.9. The number of hydrogen-bond donors (Lipinski definition) is 4. The van der Waals surface area contributed by atoms with Crippen LogP contribution in [0.15, 0.2) is 46.6 Å². The van der Waals surface area contributed by atoms with Gasteiger partial charge < -0.3 is 25.2 Å². The molecule has 0 radical (unpaired) electrons. The van der Waals surface area contributed by atoms with E-state index in [1.807, 2.05) is 19.4 Å². The van der Waals surface area contributed by atoms with Crippen LogP contribution in [-0.2, 0) is 23.9 Å². The predicted octanol–water partition coefficient (Wildman–Crippen LogP) is 19.4. The van der Waals surface area contributed by atoms with Crippen molar-refractivity contribution in [3.05, 3.63) is 46.6 Å². The van der Waals surface area contributed by atoms with Crippen LogP contribution in [0.1, 0.15) is 253 Å². The van der Waals surface area contributed by atoms with Crippen molar-refractivity contribution in [3.63, 3.8) is 0 Å². The van der Waals surface area contributed by atoms with Crippen molar-refractivity contribution in [3.8, 4) is 11.8 Å². The molecule has 0 aromatic carbocycles. The molecule has 0 aliphatic heterocycles. The number of Topliss-reactive ketones (excluding diaryl/α,β-unsaturated/α-hetero) is 4. The van der Waals surface area contributed by atoms with E-state index in [1.165, 1.54) is 113 Å². The lowest BCUT2D eigenvalue weighted by molar-refractivity contribution is -0.127. The fourth-order valence-electron chi connectivity index (χ4n) is 29.7. The maximum atomic E-state index is 13.3. The zero-order valence-corrected chi connectivity index (χ0v) is 70.8. The lowest BCUT2D eigenvalue weighted by Gasteiger charge is -2.54. The van der Waals surface area contributed by atoms with Crippen molar-refractivity contribution >= 4 is 70.2 Å². The number of thioether (sulfide) groups is 4. The standard InChI is InChI=1S/C26H36O2S.C23H36O3S.C22H33FO2S.C22H34O2S/c1-25-12-10-20-19-11-14-26(28,13-9-17-3-4-17)15-18(19)5-6-21(20)22(25)7-8-23(25)24(27)16-29-2;1-22-10-8-17-16-9-11-23(25,14-26-2)12-15(16)4-5-18(17)19(22)6-7-20(22)21(24)13-27-3;1-21-9-7-16-15-8-10-22(25,13-23)11-14(15)3-4-17(16)18(21)5-6-19(21)20(24)12-26-2;1-21(24)10-8-15-14(12-21)4-5-17-16(15)9-11-22(2)18(17)6-7-19(22)20(23)13-25-3/h5,17,19-23,28H,3-4,6-8,10-12,14-16H2,1-2H3;4,16-20,25H,5-14H2,1-3H3;3,15-19,25H,4-13H2,1-2H3;4,15-19,24H,5-13H2,1-3H3/t19-,20+,21+,22-,23+,25-,26+;16-,17+,18+,19-,20+,22-,23+;15-,16+,17+,18-,19+,21-,22+;15-,16+,17+,18-,19+,21+,22-/m0000/s1. The number of aliphatic hydroxyl groups is 4. The number of ketones is 4. The first-order valence-electron chi connectivity index (χ1n) is 43.4. The molecule has 0 heterocycles. The molecular formula is C93H139FO9S4. The third-order valence-corrected chi connectivity index (χ3v) is 37.1. The summed E-state index contributed by atoms with van der Waals surface area (Å²) in [6.45, 7) is 11.5. The van der Waals surface area contributed by atoms with Crippen LogP contribution in [0.3, 0.4) is 0 Å². The van der Waals surface area contributed by atoms with Gasteiger partial charge in [-0.05, 0) is 360 Å². The summed E-state index contributed by atoms with van der Waals surface area (Å²) in [5.74, 6) is 24.4. The SMILES string of the molecule is COC[C@@]1(O)CC[C@H]2C(=CC[C@@H]3[C@@H]2CC[C@]2(C)[C@@H](C(=O)CSC)CC[C@@H]32)C1.CSCC(=O)[C@H]1CC[C@H]2[C@@H]3CC=C4C[C@@](O)(C#CC5CC5)CC[C@@H]4[C@H]3CC[C@]12C.CSCC(=O)[C@H]1CC[C@H]2[C@@H]3CC=C4C[C@@](O)(CF)CC[C@@H]4[C@H]3CC[C@]12C.CSCC(=O)[C@H]1CC[C@H]2[C@@H]3CC=C4C[C@](C)(O)CC[C@@H]4[C@H]3CC[C@]12C. The van der Waals surface area contributed by atoms with Crippen LogP contribution in [-0.4, -0.2) is 134 Å². The number of alkyl halides is 1. The molecule has 107 heavy (non-hydrogen) atoms. The topological polar surface area (TPSA) is 158 Å². The normalized spacial score (nSPS) is 47.1. The summed E-state index contributed by atoms with van der Waals surface area (Å²) in [5.41, 5.74) is 3.74. The maximum Gasteiger partial charge on any atom is 0.146 e. The number of methoxy groups -OCH3 is 1. The summed E-state index contributed by atoms with van der Waals surface area (Å²) in [7, 11) is 1.69. The van der Waals surface area contributed by atoms with Crippen molar-refractivity contribution in [2.45, 2.75) is 275 Å². The molecular weight excluding hydrogens is 1410 g/mol. The minimum atomic E-state index is -1.11. The molecule has 4 N–H and O–H groups in total. The largest absolute Gasteiger partial charge is 0.390 e. The van der Waals surface area contributed by atoms with Gasteiger partial charge in [-0.3, -0.25) is 19.2 Å². The van der Waals surface area contributed by atoms with Gasteiger partial charge in [0.1, 0.15) is 35.4 Å². The number of fused-ring (bicyclic) bond motifs is 20. The molecule has 9 nitrogen and oxygen atoms in total. The number of halogens is 1. The van der Waals surface area contributed by atoms with Gasteiger partial charge in [0.2, 0.25) is 0 Å². The van der Waals surface area contributed by atoms with E-state index < -0.39 is 29.1 Å². The lowest BCUT2D eigenvalue weighted by Crippen LogP contribution is -2.49. The number of allylic oxidation sites excluding steroid dienone is 4. The molecule has 0 unspecified atom stereocenters. The summed E-state index contributed by atoms with van der Waals surface area (Å²) in [4.78, 5) is 51.0. The quantitative estimate of drug-likeness (QED) is 0.0908. The highest BCUT2D eigenvalue weighted by atomic mass is 32.2. The van der Waals surface area contributed by atoms with Crippen molar-refractivity contribution < 1.29 is 48.7 Å². The summed E-state index contributed by atoms with van der Waals surface area (Å²) in [6.07, 6.45) is 54.8. The number of hydrogen-bond acceptors (Lipinski definition) is 13. The number of carbonyl (C=O) groups is 4. The summed E-state index contributed by atoms with van der Waals surface area (Å²) in [6, 6.07) is 0. The van der Waals surface area contributed by atoms with Gasteiger partial charge in [-0.25, -0.2) is 4.39 Å². The fourth-order valence-corrected chi connectivity index (χ4v) is 31.6. The van der Waals surface area contributed by atoms with E-state index in [0.717, 1.165) is 151 Å². The molecule has 13 saturated carbocycles. The average Bonchev–Trinajstić information content (AvgIpc) is 1.68. The summed E-state index contributed by atoms with van der Waals surface area (Å²) < 4.78 is 18.5. The van der Waals surface area contributed by atoms with Crippen LogP contribution in [0.25, 0.3) is 0 Å². The molecule has 0 amide bonds. The van der Waals surface area contributed by atoms with E-state index >= 15 is 0 Å². The molecule has 0 bridgehead atoms. The van der Waals surface area contributed by atoms with Gasteiger partial charge >= 0.3 is 0 Å². The van der Waals surface area contributed by atoms with E-state index in [-0.39, 0.29) is 27.6 Å². The van der Waals surface area contributed by atoms with E-state index in [4.69, 9.17) is 4.74 Å². The van der Waals surface area contributed by atoms with Crippen LogP contribution in [0.2, 0.25) is 0 Å². The van der Waals surface area contributed by atoms with Crippen molar-refractivity contribution in [2.75, 3.05) is 68.4 Å². The van der Waals surface area contributed by atoms with Gasteiger partial charge in [0, 0.05) is 43.1 Å². The minimum Gasteiger partial charge on any atom is -0.390 e. The third kappa shape index (κ3) is 15.9. The average molecular weight is 1550 g/mol. The van der Waals surface area contributed by atoms with Crippen LogP contribution < -0.4 is 0 Å². The van der Waals surface area contributed by atoms with Crippen molar-refractivity contribution in [1.82, 2.24) is 0 Å². The Morgan fingerprint density at radius 2 is 0.720 bits per heavy atom. The van der Waals surface area contributed by atoms with Gasteiger partial charge in [-0.1, -0.05) is 86.1 Å². The second kappa shape index (κ2) is 32.8. The smallest absolute Gasteiger partial charge is 0.146 e. The molecule has 0 saturated heterocycles. The first kappa shape index (κ1) is 81.9. The second-order valence-electron chi connectivity index (χ2n) is 40.5. The molecule has 13 fully saturated rings. The zero-order chi connectivity index (χ0) is 75.8. The number of carbonyl (C=O) groups excluding carboxylic acids is 4.